The second kappa shape index (κ2) is 4.75. The van der Waals surface area contributed by atoms with Gasteiger partial charge in [0.2, 0.25) is 0 Å². The number of aryl methyl sites for hydroxylation is 1. The normalized spacial score (nSPS) is 10.3. The van der Waals surface area contributed by atoms with Gasteiger partial charge in [-0.1, -0.05) is 0 Å². The van der Waals surface area contributed by atoms with E-state index in [4.69, 9.17) is 10.5 Å². The first-order valence-electron chi connectivity index (χ1n) is 5.05. The van der Waals surface area contributed by atoms with Crippen molar-refractivity contribution >= 4 is 21.6 Å². The molecule has 2 aromatic rings. The van der Waals surface area contributed by atoms with Crippen LogP contribution in [0.4, 0.5) is 10.1 Å². The summed E-state index contributed by atoms with van der Waals surface area (Å²) in [5.41, 5.74) is 7.28. The number of hydrogen-bond acceptors (Lipinski definition) is 2. The summed E-state index contributed by atoms with van der Waals surface area (Å²) in [6, 6.07) is 9.68. The Hall–Kier alpha value is -1.55. The Bertz CT molecular complexity index is 508. The van der Waals surface area contributed by atoms with Crippen molar-refractivity contribution in [1.29, 1.82) is 0 Å². The number of ether oxygens (including phenoxy) is 1. The first-order chi connectivity index (χ1) is 8.06. The van der Waals surface area contributed by atoms with Crippen LogP contribution in [0.3, 0.4) is 0 Å². The summed E-state index contributed by atoms with van der Waals surface area (Å²) in [6.07, 6.45) is 0. The molecule has 0 unspecified atom stereocenters. The van der Waals surface area contributed by atoms with Crippen molar-refractivity contribution in [2.75, 3.05) is 5.73 Å². The van der Waals surface area contributed by atoms with Crippen molar-refractivity contribution in [3.05, 3.63) is 52.3 Å². The van der Waals surface area contributed by atoms with Crippen LogP contribution in [0, 0.1) is 12.7 Å². The van der Waals surface area contributed by atoms with E-state index in [2.05, 4.69) is 15.9 Å². The zero-order valence-corrected chi connectivity index (χ0v) is 10.8. The monoisotopic (exact) mass is 295 g/mol. The molecule has 2 rings (SSSR count). The molecule has 0 aliphatic heterocycles. The maximum Gasteiger partial charge on any atom is 0.141 e. The number of rotatable bonds is 2. The van der Waals surface area contributed by atoms with Crippen LogP contribution in [0.2, 0.25) is 0 Å². The van der Waals surface area contributed by atoms with Gasteiger partial charge in [-0.15, -0.1) is 0 Å². The Kier molecular flexibility index (Phi) is 3.33. The third-order valence-electron chi connectivity index (χ3n) is 2.31. The summed E-state index contributed by atoms with van der Waals surface area (Å²) in [4.78, 5) is 0. The maximum absolute atomic E-state index is 12.9. The average molecular weight is 296 g/mol. The fraction of sp³-hybridized carbons (Fsp3) is 0.0769. The summed E-state index contributed by atoms with van der Waals surface area (Å²) in [5.74, 6) is 0.962. The number of benzene rings is 2. The van der Waals surface area contributed by atoms with Gasteiger partial charge in [0.25, 0.3) is 0 Å². The fourth-order valence-electron chi connectivity index (χ4n) is 1.46. The molecule has 0 atom stereocenters. The number of nitrogens with two attached hydrogens (primary N) is 1. The Labute approximate surface area is 107 Å². The minimum Gasteiger partial charge on any atom is -0.456 e. The van der Waals surface area contributed by atoms with E-state index in [0.717, 1.165) is 5.56 Å². The highest BCUT2D eigenvalue weighted by Gasteiger charge is 2.06. The topological polar surface area (TPSA) is 35.2 Å². The van der Waals surface area contributed by atoms with Gasteiger partial charge in [-0.2, -0.15) is 0 Å². The minimum absolute atomic E-state index is 0.307. The van der Waals surface area contributed by atoms with Crippen molar-refractivity contribution in [2.45, 2.75) is 6.92 Å². The second-order valence-corrected chi connectivity index (χ2v) is 4.56. The predicted molar refractivity (Wildman–Crippen MR) is 69.8 cm³/mol. The van der Waals surface area contributed by atoms with Crippen molar-refractivity contribution in [1.82, 2.24) is 0 Å². The highest BCUT2D eigenvalue weighted by molar-refractivity contribution is 9.10. The Balaban J connectivity index is 2.31. The summed E-state index contributed by atoms with van der Waals surface area (Å²) >= 11 is 3.25. The Morgan fingerprint density at radius 1 is 1.12 bits per heavy atom. The number of hydrogen-bond donors (Lipinski definition) is 1. The molecule has 0 radical (unpaired) electrons. The molecule has 0 saturated carbocycles. The van der Waals surface area contributed by atoms with Gasteiger partial charge in [-0.3, -0.25) is 0 Å². The standard InChI is InChI=1S/C13H11BrFNO/c1-8-6-10(16)3-5-12(8)17-13-4-2-9(15)7-11(13)14/h2-7H,16H2,1H3. The fourth-order valence-corrected chi connectivity index (χ4v) is 1.90. The second-order valence-electron chi connectivity index (χ2n) is 3.70. The molecule has 0 fully saturated rings. The van der Waals surface area contributed by atoms with Gasteiger partial charge >= 0.3 is 0 Å². The van der Waals surface area contributed by atoms with Crippen molar-refractivity contribution < 1.29 is 9.13 Å². The third-order valence-corrected chi connectivity index (χ3v) is 2.93. The maximum atomic E-state index is 12.9. The van der Waals surface area contributed by atoms with Gasteiger partial charge in [0.05, 0.1) is 4.47 Å². The van der Waals surface area contributed by atoms with E-state index in [1.807, 2.05) is 13.0 Å². The summed E-state index contributed by atoms with van der Waals surface area (Å²) in [5, 5.41) is 0. The highest BCUT2D eigenvalue weighted by Crippen LogP contribution is 2.32. The van der Waals surface area contributed by atoms with E-state index >= 15 is 0 Å². The third kappa shape index (κ3) is 2.77. The zero-order valence-electron chi connectivity index (χ0n) is 9.21. The average Bonchev–Trinajstić information content (AvgIpc) is 2.25. The minimum atomic E-state index is -0.307. The van der Waals surface area contributed by atoms with Crippen LogP contribution in [0.25, 0.3) is 0 Å². The lowest BCUT2D eigenvalue weighted by molar-refractivity contribution is 0.474. The largest absolute Gasteiger partial charge is 0.456 e. The Morgan fingerprint density at radius 3 is 2.47 bits per heavy atom. The molecule has 0 saturated heterocycles. The summed E-state index contributed by atoms with van der Waals surface area (Å²) in [6.45, 7) is 1.91. The quantitative estimate of drug-likeness (QED) is 0.840. The molecule has 0 amide bonds. The molecule has 0 heterocycles. The molecule has 2 N–H and O–H groups in total. The smallest absolute Gasteiger partial charge is 0.141 e. The lowest BCUT2D eigenvalue weighted by Gasteiger charge is -2.10. The number of halogens is 2. The molecule has 88 valence electrons. The van der Waals surface area contributed by atoms with Crippen molar-refractivity contribution in [3.63, 3.8) is 0 Å². The van der Waals surface area contributed by atoms with Crippen LogP contribution in [0.1, 0.15) is 5.56 Å². The molecule has 2 aromatic carbocycles. The van der Waals surface area contributed by atoms with Crippen LogP contribution in [0.5, 0.6) is 11.5 Å². The predicted octanol–water partition coefficient (Wildman–Crippen LogP) is 4.27. The molecule has 17 heavy (non-hydrogen) atoms. The Morgan fingerprint density at radius 2 is 1.82 bits per heavy atom. The molecule has 0 spiro atoms. The lowest BCUT2D eigenvalue weighted by atomic mass is 10.2. The van der Waals surface area contributed by atoms with Crippen LogP contribution >= 0.6 is 15.9 Å². The molecular formula is C13H11BrFNO. The molecular weight excluding hydrogens is 285 g/mol. The van der Waals surface area contributed by atoms with Crippen LogP contribution in [-0.2, 0) is 0 Å². The molecule has 4 heteroatoms. The molecule has 0 aliphatic rings. The lowest BCUT2D eigenvalue weighted by Crippen LogP contribution is -1.91. The first-order valence-corrected chi connectivity index (χ1v) is 5.84. The van der Waals surface area contributed by atoms with Crippen LogP contribution in [0.15, 0.2) is 40.9 Å². The molecule has 0 aliphatic carbocycles. The van der Waals surface area contributed by atoms with Gasteiger partial charge < -0.3 is 10.5 Å². The van der Waals surface area contributed by atoms with Gasteiger partial charge in [-0.05, 0) is 64.8 Å². The molecule has 0 aromatic heterocycles. The van der Waals surface area contributed by atoms with Crippen LogP contribution in [-0.4, -0.2) is 0 Å². The van der Waals surface area contributed by atoms with E-state index < -0.39 is 0 Å². The number of anilines is 1. The summed E-state index contributed by atoms with van der Waals surface area (Å²) < 4.78 is 19.2. The van der Waals surface area contributed by atoms with E-state index in [1.54, 1.807) is 18.2 Å². The summed E-state index contributed by atoms with van der Waals surface area (Å²) in [7, 11) is 0. The van der Waals surface area contributed by atoms with Crippen LogP contribution < -0.4 is 10.5 Å². The molecule has 0 bridgehead atoms. The van der Waals surface area contributed by atoms with E-state index in [1.165, 1.54) is 12.1 Å². The molecule has 2 nitrogen and oxygen atoms in total. The van der Waals surface area contributed by atoms with Gasteiger partial charge in [0, 0.05) is 5.69 Å². The SMILES string of the molecule is Cc1cc(N)ccc1Oc1ccc(F)cc1Br. The van der Waals surface area contributed by atoms with Crippen molar-refractivity contribution in [2.24, 2.45) is 0 Å². The van der Waals surface area contributed by atoms with E-state index in [-0.39, 0.29) is 5.82 Å². The van der Waals surface area contributed by atoms with Gasteiger partial charge in [-0.25, -0.2) is 4.39 Å². The van der Waals surface area contributed by atoms with Gasteiger partial charge in [0.1, 0.15) is 17.3 Å². The van der Waals surface area contributed by atoms with E-state index in [0.29, 0.717) is 21.7 Å². The first kappa shape index (κ1) is 11.9. The van der Waals surface area contributed by atoms with Gasteiger partial charge in [0.15, 0.2) is 0 Å². The highest BCUT2D eigenvalue weighted by atomic mass is 79.9. The van der Waals surface area contributed by atoms with E-state index in [9.17, 15) is 4.39 Å². The van der Waals surface area contributed by atoms with Crippen molar-refractivity contribution in [3.8, 4) is 11.5 Å². The zero-order chi connectivity index (χ0) is 12.4. The number of nitrogen functional groups attached to an aromatic ring is 1.